The Labute approximate surface area is 124 Å². The van der Waals surface area contributed by atoms with Gasteiger partial charge in [0.05, 0.1) is 12.2 Å². The first-order valence-corrected chi connectivity index (χ1v) is 7.46. The number of carbonyl (C=O) groups is 2. The zero-order valence-electron chi connectivity index (χ0n) is 12.2. The van der Waals surface area contributed by atoms with Crippen molar-refractivity contribution in [2.75, 3.05) is 32.8 Å². The highest BCUT2D eigenvalue weighted by atomic mass is 16.5. The van der Waals surface area contributed by atoms with Crippen LogP contribution in [0.3, 0.4) is 0 Å². The molecule has 0 aliphatic carbocycles. The van der Waals surface area contributed by atoms with Crippen molar-refractivity contribution in [2.24, 2.45) is 11.8 Å². The first-order chi connectivity index (χ1) is 10.2. The van der Waals surface area contributed by atoms with Crippen LogP contribution in [-0.4, -0.2) is 49.6 Å². The van der Waals surface area contributed by atoms with Gasteiger partial charge in [-0.05, 0) is 37.0 Å². The molecule has 2 atom stereocenters. The Hall–Kier alpha value is -1.88. The first-order valence-electron chi connectivity index (χ1n) is 7.46. The Bertz CT molecular complexity index is 546. The molecule has 1 aromatic rings. The first kappa shape index (κ1) is 14.1. The third-order valence-electron chi connectivity index (χ3n) is 4.30. The number of benzene rings is 1. The molecule has 2 fully saturated rings. The van der Waals surface area contributed by atoms with Gasteiger partial charge in [-0.3, -0.25) is 4.79 Å². The number of likely N-dealkylation sites (tertiary alicyclic amines) is 1. The predicted molar refractivity (Wildman–Crippen MR) is 78.2 cm³/mol. The minimum absolute atomic E-state index is 0.00977. The highest BCUT2D eigenvalue weighted by molar-refractivity contribution is 5.98. The van der Waals surface area contributed by atoms with Gasteiger partial charge in [-0.1, -0.05) is 6.07 Å². The number of ether oxygens (including phenoxy) is 1. The summed E-state index contributed by atoms with van der Waals surface area (Å²) in [6.45, 7) is 5.71. The lowest BCUT2D eigenvalue weighted by Crippen LogP contribution is -2.32. The Morgan fingerprint density at radius 1 is 1.24 bits per heavy atom. The molecule has 21 heavy (non-hydrogen) atoms. The Balaban J connectivity index is 1.73. The van der Waals surface area contributed by atoms with E-state index in [1.807, 2.05) is 4.90 Å². The predicted octanol–water partition coefficient (Wildman–Crippen LogP) is 1.15. The molecule has 0 spiro atoms. The van der Waals surface area contributed by atoms with Crippen molar-refractivity contribution in [1.29, 1.82) is 0 Å². The monoisotopic (exact) mass is 288 g/mol. The average molecular weight is 288 g/mol. The molecule has 5 heteroatoms. The van der Waals surface area contributed by atoms with Gasteiger partial charge < -0.3 is 15.0 Å². The van der Waals surface area contributed by atoms with Gasteiger partial charge in [0.1, 0.15) is 0 Å². The maximum absolute atomic E-state index is 12.6. The number of hydrogen-bond acceptors (Lipinski definition) is 4. The molecule has 2 aliphatic rings. The van der Waals surface area contributed by atoms with Crippen LogP contribution in [0.2, 0.25) is 0 Å². The van der Waals surface area contributed by atoms with Gasteiger partial charge in [-0.15, -0.1) is 0 Å². The fraction of sp³-hybridized carbons (Fsp3) is 0.500. The van der Waals surface area contributed by atoms with E-state index in [1.54, 1.807) is 31.2 Å². The molecular formula is C16H20N2O3. The van der Waals surface area contributed by atoms with Gasteiger partial charge in [-0.2, -0.15) is 0 Å². The van der Waals surface area contributed by atoms with Crippen molar-refractivity contribution in [3.05, 3.63) is 35.4 Å². The maximum Gasteiger partial charge on any atom is 0.338 e. The fourth-order valence-electron chi connectivity index (χ4n) is 3.20. The number of carbonyl (C=O) groups excluding carboxylic acids is 2. The van der Waals surface area contributed by atoms with Crippen LogP contribution in [0.4, 0.5) is 0 Å². The van der Waals surface area contributed by atoms with Crippen molar-refractivity contribution < 1.29 is 14.3 Å². The van der Waals surface area contributed by atoms with E-state index in [0.717, 1.165) is 26.2 Å². The molecule has 0 aromatic heterocycles. The summed E-state index contributed by atoms with van der Waals surface area (Å²) in [6, 6.07) is 6.80. The molecule has 3 rings (SSSR count). The molecule has 2 aliphatic heterocycles. The van der Waals surface area contributed by atoms with Crippen LogP contribution in [0.25, 0.3) is 0 Å². The Morgan fingerprint density at radius 3 is 2.57 bits per heavy atom. The molecule has 1 amide bonds. The lowest BCUT2D eigenvalue weighted by Gasteiger charge is -2.17. The van der Waals surface area contributed by atoms with Crippen LogP contribution in [0.5, 0.6) is 0 Å². The van der Waals surface area contributed by atoms with Crippen LogP contribution in [0.15, 0.2) is 24.3 Å². The third-order valence-corrected chi connectivity index (χ3v) is 4.30. The van der Waals surface area contributed by atoms with E-state index in [-0.39, 0.29) is 11.9 Å². The molecular weight excluding hydrogens is 268 g/mol. The highest BCUT2D eigenvalue weighted by Gasteiger charge is 2.38. The smallest absolute Gasteiger partial charge is 0.338 e. The summed E-state index contributed by atoms with van der Waals surface area (Å²) in [5.74, 6) is 0.773. The largest absolute Gasteiger partial charge is 0.462 e. The minimum Gasteiger partial charge on any atom is -0.462 e. The van der Waals surface area contributed by atoms with E-state index >= 15 is 0 Å². The summed E-state index contributed by atoms with van der Waals surface area (Å²) in [5.41, 5.74) is 0.997. The highest BCUT2D eigenvalue weighted by Crippen LogP contribution is 2.27. The van der Waals surface area contributed by atoms with Crippen LogP contribution in [0.1, 0.15) is 27.6 Å². The van der Waals surface area contributed by atoms with Crippen LogP contribution in [-0.2, 0) is 4.74 Å². The van der Waals surface area contributed by atoms with Crippen LogP contribution < -0.4 is 5.32 Å². The van der Waals surface area contributed by atoms with E-state index in [0.29, 0.717) is 29.6 Å². The van der Waals surface area contributed by atoms with Crippen molar-refractivity contribution >= 4 is 11.9 Å². The number of nitrogens with one attached hydrogen (secondary N) is 1. The molecule has 2 heterocycles. The molecule has 5 nitrogen and oxygen atoms in total. The average Bonchev–Trinajstić information content (AvgIpc) is 3.08. The van der Waals surface area contributed by atoms with E-state index < -0.39 is 0 Å². The zero-order valence-corrected chi connectivity index (χ0v) is 12.2. The van der Waals surface area contributed by atoms with E-state index in [1.165, 1.54) is 0 Å². The summed E-state index contributed by atoms with van der Waals surface area (Å²) in [4.78, 5) is 26.2. The lowest BCUT2D eigenvalue weighted by molar-refractivity contribution is 0.0526. The summed E-state index contributed by atoms with van der Waals surface area (Å²) < 4.78 is 4.98. The van der Waals surface area contributed by atoms with Crippen molar-refractivity contribution in [3.63, 3.8) is 0 Å². The molecule has 2 unspecified atom stereocenters. The standard InChI is InChI=1S/C16H20N2O3/c1-2-21-16(20)12-5-3-4-11(6-12)15(19)18-9-13-7-17-8-14(13)10-18/h3-6,13-14,17H,2,7-10H2,1H3. The van der Waals surface area contributed by atoms with Gasteiger partial charge in [0.25, 0.3) is 5.91 Å². The number of fused-ring (bicyclic) bond motifs is 1. The molecule has 0 radical (unpaired) electrons. The molecule has 2 saturated heterocycles. The second-order valence-electron chi connectivity index (χ2n) is 5.69. The summed E-state index contributed by atoms with van der Waals surface area (Å²) in [7, 11) is 0. The quantitative estimate of drug-likeness (QED) is 0.848. The van der Waals surface area contributed by atoms with Gasteiger partial charge in [0.15, 0.2) is 0 Å². The second kappa shape index (κ2) is 5.85. The van der Waals surface area contributed by atoms with E-state index in [4.69, 9.17) is 4.74 Å². The van der Waals surface area contributed by atoms with E-state index in [9.17, 15) is 9.59 Å². The summed E-state index contributed by atoms with van der Waals surface area (Å²) in [6.07, 6.45) is 0. The Kier molecular flexibility index (Phi) is 3.92. The maximum atomic E-state index is 12.6. The van der Waals surface area contributed by atoms with Crippen molar-refractivity contribution in [1.82, 2.24) is 10.2 Å². The normalized spacial score (nSPS) is 24.0. The lowest BCUT2D eigenvalue weighted by atomic mass is 10.0. The number of hydrogen-bond donors (Lipinski definition) is 1. The number of esters is 1. The van der Waals surface area contributed by atoms with Gasteiger partial charge >= 0.3 is 5.97 Å². The zero-order chi connectivity index (χ0) is 14.8. The van der Waals surface area contributed by atoms with Gasteiger partial charge in [0, 0.05) is 31.7 Å². The van der Waals surface area contributed by atoms with Gasteiger partial charge in [0.2, 0.25) is 0 Å². The number of amides is 1. The molecule has 0 saturated carbocycles. The van der Waals surface area contributed by atoms with Crippen LogP contribution >= 0.6 is 0 Å². The molecule has 1 N–H and O–H groups in total. The van der Waals surface area contributed by atoms with Crippen molar-refractivity contribution in [3.8, 4) is 0 Å². The Morgan fingerprint density at radius 2 is 1.90 bits per heavy atom. The van der Waals surface area contributed by atoms with Crippen molar-refractivity contribution in [2.45, 2.75) is 6.92 Å². The van der Waals surface area contributed by atoms with Gasteiger partial charge in [-0.25, -0.2) is 4.79 Å². The topological polar surface area (TPSA) is 58.6 Å². The second-order valence-corrected chi connectivity index (χ2v) is 5.69. The summed E-state index contributed by atoms with van der Waals surface area (Å²) in [5, 5.41) is 3.36. The number of rotatable bonds is 3. The SMILES string of the molecule is CCOC(=O)c1cccc(C(=O)N2CC3CNCC3C2)c1. The third kappa shape index (κ3) is 2.78. The minimum atomic E-state index is -0.380. The summed E-state index contributed by atoms with van der Waals surface area (Å²) >= 11 is 0. The molecule has 0 bridgehead atoms. The van der Waals surface area contributed by atoms with Crippen LogP contribution in [0, 0.1) is 11.8 Å². The molecule has 112 valence electrons. The van der Waals surface area contributed by atoms with E-state index in [2.05, 4.69) is 5.32 Å². The number of nitrogens with zero attached hydrogens (tertiary/aromatic N) is 1. The fourth-order valence-corrected chi connectivity index (χ4v) is 3.20. The molecule has 1 aromatic carbocycles.